The average Bonchev–Trinajstić information content (AvgIpc) is 3.16. The van der Waals surface area contributed by atoms with Gasteiger partial charge in [-0.25, -0.2) is 4.79 Å². The summed E-state index contributed by atoms with van der Waals surface area (Å²) in [6.45, 7) is 1.64. The molecular formula is C18H17F3N2O3S. The Bertz CT molecular complexity index is 842. The number of hydrogen-bond acceptors (Lipinski definition) is 5. The number of hydrogen-bond donors (Lipinski definition) is 0. The lowest BCUT2D eigenvalue weighted by molar-refractivity contribution is -0.137. The molecule has 0 radical (unpaired) electrons. The SMILES string of the molecule is COC(=O)c1ccc(C(=O)N2CCN(c3cccc(C(F)(F)F)c3)CC2)s1. The Morgan fingerprint density at radius 3 is 2.33 bits per heavy atom. The molecule has 1 aromatic carbocycles. The van der Waals surface area contributed by atoms with Gasteiger partial charge in [0.15, 0.2) is 0 Å². The fourth-order valence-corrected chi connectivity index (χ4v) is 3.76. The molecule has 5 nitrogen and oxygen atoms in total. The second-order valence-electron chi connectivity index (χ2n) is 5.98. The molecule has 2 aromatic rings. The third-order valence-corrected chi connectivity index (χ3v) is 5.36. The molecule has 0 unspecified atom stereocenters. The highest BCUT2D eigenvalue weighted by molar-refractivity contribution is 7.15. The number of nitrogens with zero attached hydrogens (tertiary/aromatic N) is 2. The van der Waals surface area contributed by atoms with Gasteiger partial charge < -0.3 is 14.5 Å². The van der Waals surface area contributed by atoms with Gasteiger partial charge in [0.1, 0.15) is 4.88 Å². The number of carbonyl (C=O) groups excluding carboxylic acids is 2. The second-order valence-corrected chi connectivity index (χ2v) is 7.07. The predicted molar refractivity (Wildman–Crippen MR) is 95.2 cm³/mol. The number of benzene rings is 1. The van der Waals surface area contributed by atoms with Crippen molar-refractivity contribution in [3.63, 3.8) is 0 Å². The molecule has 1 fully saturated rings. The molecule has 0 N–H and O–H groups in total. The summed E-state index contributed by atoms with van der Waals surface area (Å²) in [6, 6.07) is 8.31. The standard InChI is InChI=1S/C18H17F3N2O3S/c1-26-17(25)15-6-5-14(27-15)16(24)23-9-7-22(8-10-23)13-4-2-3-12(11-13)18(19,20)21/h2-6,11H,7-10H2,1H3. The maximum atomic E-state index is 12.9. The van der Waals surface area contributed by atoms with Crippen LogP contribution in [0.1, 0.15) is 24.9 Å². The normalized spacial score (nSPS) is 15.0. The molecule has 27 heavy (non-hydrogen) atoms. The fourth-order valence-electron chi connectivity index (χ4n) is 2.87. The van der Waals surface area contributed by atoms with Crippen LogP contribution in [0.15, 0.2) is 36.4 Å². The minimum Gasteiger partial charge on any atom is -0.465 e. The largest absolute Gasteiger partial charge is 0.465 e. The number of anilines is 1. The zero-order valence-electron chi connectivity index (χ0n) is 14.5. The van der Waals surface area contributed by atoms with Crippen LogP contribution in [0.4, 0.5) is 18.9 Å². The van der Waals surface area contributed by atoms with E-state index in [1.165, 1.54) is 13.2 Å². The summed E-state index contributed by atoms with van der Waals surface area (Å²) in [7, 11) is 1.27. The maximum Gasteiger partial charge on any atom is 0.416 e. The Hall–Kier alpha value is -2.55. The zero-order valence-corrected chi connectivity index (χ0v) is 15.3. The van der Waals surface area contributed by atoms with Crippen LogP contribution in [-0.2, 0) is 10.9 Å². The minimum atomic E-state index is -4.38. The molecule has 0 bridgehead atoms. The molecule has 9 heteroatoms. The molecular weight excluding hydrogens is 381 g/mol. The second kappa shape index (κ2) is 7.59. The highest BCUT2D eigenvalue weighted by Crippen LogP contribution is 2.32. The monoisotopic (exact) mass is 398 g/mol. The number of ether oxygens (including phenoxy) is 1. The van der Waals surface area contributed by atoms with E-state index in [4.69, 9.17) is 0 Å². The van der Waals surface area contributed by atoms with Crippen LogP contribution in [0.25, 0.3) is 0 Å². The summed E-state index contributed by atoms with van der Waals surface area (Å²) in [5.41, 5.74) is -0.201. The highest BCUT2D eigenvalue weighted by Gasteiger charge is 2.31. The van der Waals surface area contributed by atoms with E-state index in [2.05, 4.69) is 4.74 Å². The molecule has 0 saturated carbocycles. The van der Waals surface area contributed by atoms with Crippen LogP contribution < -0.4 is 4.90 Å². The van der Waals surface area contributed by atoms with Crippen LogP contribution in [0.2, 0.25) is 0 Å². The molecule has 0 atom stereocenters. The van der Waals surface area contributed by atoms with Gasteiger partial charge >= 0.3 is 12.1 Å². The maximum absolute atomic E-state index is 12.9. The van der Waals surface area contributed by atoms with Crippen molar-refractivity contribution in [1.29, 1.82) is 0 Å². The smallest absolute Gasteiger partial charge is 0.416 e. The fraction of sp³-hybridized carbons (Fsp3) is 0.333. The lowest BCUT2D eigenvalue weighted by Gasteiger charge is -2.36. The Morgan fingerprint density at radius 2 is 1.70 bits per heavy atom. The van der Waals surface area contributed by atoms with Gasteiger partial charge in [-0.15, -0.1) is 11.3 Å². The van der Waals surface area contributed by atoms with Gasteiger partial charge in [-0.3, -0.25) is 4.79 Å². The average molecular weight is 398 g/mol. The Kier molecular flexibility index (Phi) is 5.41. The minimum absolute atomic E-state index is 0.196. The number of rotatable bonds is 3. The first-order chi connectivity index (χ1) is 12.8. The van der Waals surface area contributed by atoms with Crippen molar-refractivity contribution in [3.05, 3.63) is 51.7 Å². The van der Waals surface area contributed by atoms with E-state index in [9.17, 15) is 22.8 Å². The summed E-state index contributed by atoms with van der Waals surface area (Å²) < 4.78 is 43.2. The lowest BCUT2D eigenvalue weighted by Crippen LogP contribution is -2.48. The van der Waals surface area contributed by atoms with Crippen LogP contribution >= 0.6 is 11.3 Å². The van der Waals surface area contributed by atoms with Crippen LogP contribution in [0.5, 0.6) is 0 Å². The first-order valence-corrected chi connectivity index (χ1v) is 9.01. The Morgan fingerprint density at radius 1 is 1.04 bits per heavy atom. The van der Waals surface area contributed by atoms with E-state index in [1.54, 1.807) is 23.1 Å². The lowest BCUT2D eigenvalue weighted by atomic mass is 10.1. The van der Waals surface area contributed by atoms with Crippen molar-refractivity contribution in [3.8, 4) is 0 Å². The Balaban J connectivity index is 1.64. The van der Waals surface area contributed by atoms with E-state index in [-0.39, 0.29) is 5.91 Å². The molecule has 2 heterocycles. The first-order valence-electron chi connectivity index (χ1n) is 8.19. The third-order valence-electron chi connectivity index (χ3n) is 4.31. The number of carbonyl (C=O) groups is 2. The number of amides is 1. The van der Waals surface area contributed by atoms with Gasteiger partial charge in [0.05, 0.1) is 17.6 Å². The molecule has 0 aliphatic carbocycles. The van der Waals surface area contributed by atoms with Gasteiger partial charge in [-0.05, 0) is 30.3 Å². The number of halogens is 3. The highest BCUT2D eigenvalue weighted by atomic mass is 32.1. The molecule has 1 aromatic heterocycles. The number of esters is 1. The van der Waals surface area contributed by atoms with E-state index in [1.807, 2.05) is 4.90 Å². The predicted octanol–water partition coefficient (Wildman–Crippen LogP) is 3.52. The third kappa shape index (κ3) is 4.24. The van der Waals surface area contributed by atoms with E-state index in [0.29, 0.717) is 41.6 Å². The number of thiophene rings is 1. The van der Waals surface area contributed by atoms with Crippen LogP contribution in [0, 0.1) is 0 Å². The number of piperazine rings is 1. The number of alkyl halides is 3. The van der Waals surface area contributed by atoms with Gasteiger partial charge in [0, 0.05) is 31.9 Å². The molecule has 1 aliphatic heterocycles. The Labute approximate surface area is 157 Å². The van der Waals surface area contributed by atoms with Crippen molar-refractivity contribution in [1.82, 2.24) is 4.90 Å². The molecule has 144 valence electrons. The van der Waals surface area contributed by atoms with Crippen molar-refractivity contribution < 1.29 is 27.5 Å². The van der Waals surface area contributed by atoms with Gasteiger partial charge in [-0.2, -0.15) is 13.2 Å². The van der Waals surface area contributed by atoms with Gasteiger partial charge in [0.25, 0.3) is 5.91 Å². The molecule has 1 amide bonds. The quantitative estimate of drug-likeness (QED) is 0.743. The van der Waals surface area contributed by atoms with Crippen molar-refractivity contribution in [2.45, 2.75) is 6.18 Å². The molecule has 1 saturated heterocycles. The van der Waals surface area contributed by atoms with Crippen molar-refractivity contribution in [2.75, 3.05) is 38.2 Å². The zero-order chi connectivity index (χ0) is 19.6. The van der Waals surface area contributed by atoms with Crippen LogP contribution in [-0.4, -0.2) is 50.1 Å². The van der Waals surface area contributed by atoms with E-state index in [0.717, 1.165) is 23.5 Å². The summed E-state index contributed by atoms with van der Waals surface area (Å²) in [6.07, 6.45) is -4.38. The summed E-state index contributed by atoms with van der Waals surface area (Å²) in [4.78, 5) is 28.3. The van der Waals surface area contributed by atoms with Crippen molar-refractivity contribution in [2.24, 2.45) is 0 Å². The molecule has 1 aliphatic rings. The van der Waals surface area contributed by atoms with E-state index >= 15 is 0 Å². The number of methoxy groups -OCH3 is 1. The van der Waals surface area contributed by atoms with Crippen LogP contribution in [0.3, 0.4) is 0 Å². The summed E-state index contributed by atoms with van der Waals surface area (Å²) in [5.74, 6) is -0.688. The molecule has 3 rings (SSSR count). The van der Waals surface area contributed by atoms with E-state index < -0.39 is 17.7 Å². The van der Waals surface area contributed by atoms with Gasteiger partial charge in [0.2, 0.25) is 0 Å². The first kappa shape index (κ1) is 19.2. The molecule has 0 spiro atoms. The van der Waals surface area contributed by atoms with Gasteiger partial charge in [-0.1, -0.05) is 6.07 Å². The van der Waals surface area contributed by atoms with Crippen molar-refractivity contribution >= 4 is 28.9 Å². The summed E-state index contributed by atoms with van der Waals surface area (Å²) >= 11 is 1.06. The summed E-state index contributed by atoms with van der Waals surface area (Å²) in [5, 5.41) is 0. The topological polar surface area (TPSA) is 49.9 Å².